The molecule has 0 aliphatic carbocycles. The number of nitrogens with zero attached hydrogens (tertiary/aromatic N) is 3. The Balaban J connectivity index is 1.71. The highest BCUT2D eigenvalue weighted by Crippen LogP contribution is 2.35. The van der Waals surface area contributed by atoms with Gasteiger partial charge in [-0.2, -0.15) is 4.98 Å². The second kappa shape index (κ2) is 7.86. The van der Waals surface area contributed by atoms with Crippen LogP contribution < -0.4 is 4.31 Å². The minimum atomic E-state index is -4.10. The van der Waals surface area contributed by atoms with Crippen molar-refractivity contribution < 1.29 is 21.7 Å². The number of anilines is 1. The van der Waals surface area contributed by atoms with Crippen molar-refractivity contribution in [2.45, 2.75) is 18.7 Å². The van der Waals surface area contributed by atoms with E-state index in [-0.39, 0.29) is 21.4 Å². The SMILES string of the molecule is Cc1ccc(-c2noc(-c3sccc3S(=O)(=O)N(C)c3ccc(F)c(F)c3)n2)cc1C. The minimum absolute atomic E-state index is 0.0163. The number of thiophene rings is 1. The van der Waals surface area contributed by atoms with Crippen LogP contribution in [0.2, 0.25) is 0 Å². The molecule has 2 aromatic heterocycles. The van der Waals surface area contributed by atoms with E-state index in [0.29, 0.717) is 5.82 Å². The minimum Gasteiger partial charge on any atom is -0.333 e. The van der Waals surface area contributed by atoms with Crippen LogP contribution in [0, 0.1) is 25.5 Å². The van der Waals surface area contributed by atoms with Crippen LogP contribution >= 0.6 is 11.3 Å². The molecule has 6 nitrogen and oxygen atoms in total. The lowest BCUT2D eigenvalue weighted by Gasteiger charge is -2.19. The van der Waals surface area contributed by atoms with Crippen LogP contribution in [0.1, 0.15) is 11.1 Å². The van der Waals surface area contributed by atoms with E-state index < -0.39 is 21.7 Å². The quantitative estimate of drug-likeness (QED) is 0.409. The topological polar surface area (TPSA) is 76.3 Å². The van der Waals surface area contributed by atoms with Crippen LogP contribution in [0.4, 0.5) is 14.5 Å². The molecule has 2 heterocycles. The van der Waals surface area contributed by atoms with Gasteiger partial charge in [0, 0.05) is 18.7 Å². The van der Waals surface area contributed by atoms with Crippen molar-refractivity contribution in [2.75, 3.05) is 11.4 Å². The first kappa shape index (κ1) is 21.1. The van der Waals surface area contributed by atoms with Gasteiger partial charge in [0.2, 0.25) is 5.82 Å². The van der Waals surface area contributed by atoms with Crippen LogP contribution in [0.15, 0.2) is 57.3 Å². The lowest BCUT2D eigenvalue weighted by Crippen LogP contribution is -2.26. The molecule has 10 heteroatoms. The van der Waals surface area contributed by atoms with Crippen LogP contribution in [-0.2, 0) is 10.0 Å². The van der Waals surface area contributed by atoms with E-state index in [4.69, 9.17) is 4.52 Å². The van der Waals surface area contributed by atoms with Crippen molar-refractivity contribution in [1.29, 1.82) is 0 Å². The Morgan fingerprint density at radius 1 is 1.00 bits per heavy atom. The number of aryl methyl sites for hydroxylation is 2. The van der Waals surface area contributed by atoms with Gasteiger partial charge in [-0.1, -0.05) is 17.3 Å². The van der Waals surface area contributed by atoms with E-state index in [1.807, 2.05) is 32.0 Å². The predicted octanol–water partition coefficient (Wildman–Crippen LogP) is 5.19. The van der Waals surface area contributed by atoms with Gasteiger partial charge in [-0.15, -0.1) is 11.3 Å². The van der Waals surface area contributed by atoms with Gasteiger partial charge in [-0.05, 0) is 54.6 Å². The first-order chi connectivity index (χ1) is 14.7. The Morgan fingerprint density at radius 3 is 2.48 bits per heavy atom. The molecular formula is C21H17F2N3O3S2. The van der Waals surface area contributed by atoms with Crippen molar-refractivity contribution >= 4 is 27.0 Å². The molecule has 160 valence electrons. The zero-order valence-electron chi connectivity index (χ0n) is 16.8. The molecule has 0 N–H and O–H groups in total. The molecule has 0 spiro atoms. The van der Waals surface area contributed by atoms with E-state index in [9.17, 15) is 17.2 Å². The van der Waals surface area contributed by atoms with Gasteiger partial charge >= 0.3 is 0 Å². The maximum Gasteiger partial charge on any atom is 0.269 e. The second-order valence-corrected chi connectivity index (χ2v) is 9.76. The summed E-state index contributed by atoms with van der Waals surface area (Å²) in [6.45, 7) is 3.96. The van der Waals surface area contributed by atoms with Crippen LogP contribution in [-0.4, -0.2) is 25.6 Å². The Kier molecular flexibility index (Phi) is 5.36. The third-order valence-electron chi connectivity index (χ3n) is 4.92. The summed E-state index contributed by atoms with van der Waals surface area (Å²) in [4.78, 5) is 4.56. The fourth-order valence-electron chi connectivity index (χ4n) is 2.94. The molecule has 0 aliphatic rings. The third-order valence-corrected chi connectivity index (χ3v) is 7.78. The summed E-state index contributed by atoms with van der Waals surface area (Å²) in [5, 5.41) is 5.57. The predicted molar refractivity (Wildman–Crippen MR) is 114 cm³/mol. The monoisotopic (exact) mass is 461 g/mol. The van der Waals surface area contributed by atoms with Gasteiger partial charge in [-0.3, -0.25) is 4.31 Å². The molecule has 0 radical (unpaired) electrons. The van der Waals surface area contributed by atoms with Gasteiger partial charge in [-0.25, -0.2) is 17.2 Å². The molecule has 0 amide bonds. The first-order valence-corrected chi connectivity index (χ1v) is 11.4. The van der Waals surface area contributed by atoms with Crippen LogP contribution in [0.25, 0.3) is 22.2 Å². The summed E-state index contributed by atoms with van der Waals surface area (Å²) in [5.41, 5.74) is 2.92. The van der Waals surface area contributed by atoms with E-state index in [1.54, 1.807) is 5.38 Å². The van der Waals surface area contributed by atoms with Crippen molar-refractivity contribution in [3.8, 4) is 22.2 Å². The maximum atomic E-state index is 13.6. The van der Waals surface area contributed by atoms with Gasteiger partial charge in [0.05, 0.1) is 5.69 Å². The van der Waals surface area contributed by atoms with E-state index in [0.717, 1.165) is 44.5 Å². The Hall–Kier alpha value is -3.11. The molecule has 4 rings (SSSR count). The normalized spacial score (nSPS) is 11.6. The highest BCUT2D eigenvalue weighted by Gasteiger charge is 2.29. The summed E-state index contributed by atoms with van der Waals surface area (Å²) >= 11 is 1.13. The summed E-state index contributed by atoms with van der Waals surface area (Å²) in [6.07, 6.45) is 0. The van der Waals surface area contributed by atoms with Gasteiger partial charge in [0.25, 0.3) is 15.9 Å². The number of sulfonamides is 1. The van der Waals surface area contributed by atoms with Crippen LogP contribution in [0.5, 0.6) is 0 Å². The second-order valence-electron chi connectivity index (χ2n) is 6.91. The number of benzene rings is 2. The summed E-state index contributed by atoms with van der Waals surface area (Å²) < 4.78 is 59.4. The van der Waals surface area contributed by atoms with Gasteiger partial charge in [0.15, 0.2) is 11.6 Å². The molecule has 0 bridgehead atoms. The lowest BCUT2D eigenvalue weighted by molar-refractivity contribution is 0.432. The summed E-state index contributed by atoms with van der Waals surface area (Å²) in [6, 6.07) is 10.0. The molecule has 0 unspecified atom stereocenters. The Bertz CT molecular complexity index is 1380. The van der Waals surface area contributed by atoms with E-state index >= 15 is 0 Å². The zero-order chi connectivity index (χ0) is 22.3. The number of rotatable bonds is 5. The zero-order valence-corrected chi connectivity index (χ0v) is 18.4. The van der Waals surface area contributed by atoms with Crippen molar-refractivity contribution in [1.82, 2.24) is 10.1 Å². The fourth-order valence-corrected chi connectivity index (χ4v) is 5.44. The van der Waals surface area contributed by atoms with Crippen molar-refractivity contribution in [3.63, 3.8) is 0 Å². The molecule has 31 heavy (non-hydrogen) atoms. The number of hydrogen-bond donors (Lipinski definition) is 0. The van der Waals surface area contributed by atoms with Crippen molar-refractivity contribution in [2.24, 2.45) is 0 Å². The van der Waals surface area contributed by atoms with E-state index in [2.05, 4.69) is 10.1 Å². The third kappa shape index (κ3) is 3.84. The van der Waals surface area contributed by atoms with Crippen molar-refractivity contribution in [3.05, 3.63) is 70.6 Å². The summed E-state index contributed by atoms with van der Waals surface area (Å²) in [5.74, 6) is -1.81. The average Bonchev–Trinajstić information content (AvgIpc) is 3.41. The number of aromatic nitrogens is 2. The largest absolute Gasteiger partial charge is 0.333 e. The lowest BCUT2D eigenvalue weighted by atomic mass is 10.1. The Labute approximate surface area is 181 Å². The molecular weight excluding hydrogens is 444 g/mol. The summed E-state index contributed by atoms with van der Waals surface area (Å²) in [7, 11) is -2.84. The molecule has 4 aromatic rings. The average molecular weight is 462 g/mol. The smallest absolute Gasteiger partial charge is 0.269 e. The number of halogens is 2. The maximum absolute atomic E-state index is 13.6. The standard InChI is InChI=1S/C21H17F2N3O3S2/c1-12-4-5-14(10-13(12)2)20-24-21(29-25-20)19-18(8-9-30-19)31(27,28)26(3)15-6-7-16(22)17(23)11-15/h4-11H,1-3H3. The fraction of sp³-hybridized carbons (Fsp3) is 0.143. The molecule has 0 atom stereocenters. The van der Waals surface area contributed by atoms with Crippen LogP contribution in [0.3, 0.4) is 0 Å². The molecule has 0 fully saturated rings. The molecule has 0 saturated carbocycles. The van der Waals surface area contributed by atoms with E-state index in [1.165, 1.54) is 19.2 Å². The Morgan fingerprint density at radius 2 is 1.77 bits per heavy atom. The first-order valence-electron chi connectivity index (χ1n) is 9.11. The number of hydrogen-bond acceptors (Lipinski definition) is 6. The highest BCUT2D eigenvalue weighted by molar-refractivity contribution is 7.93. The van der Waals surface area contributed by atoms with Gasteiger partial charge in [0.1, 0.15) is 9.77 Å². The molecule has 2 aromatic carbocycles. The molecule has 0 saturated heterocycles. The molecule has 0 aliphatic heterocycles. The highest BCUT2D eigenvalue weighted by atomic mass is 32.2. The van der Waals surface area contributed by atoms with Gasteiger partial charge < -0.3 is 4.52 Å².